The molecule has 0 saturated heterocycles. The van der Waals surface area contributed by atoms with Crippen LogP contribution in [0.15, 0.2) is 48.7 Å². The van der Waals surface area contributed by atoms with Crippen molar-refractivity contribution in [1.82, 2.24) is 4.98 Å². The maximum absolute atomic E-state index is 12.3. The molecule has 0 fully saturated rings. The predicted octanol–water partition coefficient (Wildman–Crippen LogP) is 2.13. The maximum Gasteiger partial charge on any atom is 0.251 e. The Morgan fingerprint density at radius 1 is 1.12 bits per heavy atom. The Labute approximate surface area is 138 Å². The fraction of sp³-hybridized carbons (Fsp3) is 0.167. The van der Waals surface area contributed by atoms with Crippen molar-refractivity contribution in [2.24, 2.45) is 0 Å². The molecule has 2 aliphatic heterocycles. The molecule has 0 aliphatic carbocycles. The van der Waals surface area contributed by atoms with Gasteiger partial charge in [-0.15, -0.1) is 0 Å². The molecule has 3 heterocycles. The second-order valence-electron chi connectivity index (χ2n) is 5.83. The summed E-state index contributed by atoms with van der Waals surface area (Å²) in [6.07, 6.45) is 2.16. The molecule has 2 N–H and O–H groups in total. The minimum Gasteiger partial charge on any atom is -0.479 e. The van der Waals surface area contributed by atoms with Crippen molar-refractivity contribution in [1.29, 1.82) is 0 Å². The summed E-state index contributed by atoms with van der Waals surface area (Å²) in [6.45, 7) is 1.99. The second kappa shape index (κ2) is 5.49. The molecule has 6 nitrogen and oxygen atoms in total. The van der Waals surface area contributed by atoms with Gasteiger partial charge in [-0.25, -0.2) is 4.98 Å². The zero-order chi connectivity index (χ0) is 16.7. The summed E-state index contributed by atoms with van der Waals surface area (Å²) in [6, 6.07) is 10.3. The van der Waals surface area contributed by atoms with Crippen LogP contribution in [0, 0.1) is 6.92 Å². The minimum absolute atomic E-state index is 0.238. The van der Waals surface area contributed by atoms with Crippen LogP contribution in [0.1, 0.15) is 11.1 Å². The molecule has 0 spiro atoms. The molecule has 2 atom stereocenters. The number of carbonyl (C=O) groups excluding carboxylic acids is 2. The van der Waals surface area contributed by atoms with Crippen molar-refractivity contribution in [3.63, 3.8) is 0 Å². The van der Waals surface area contributed by atoms with Crippen molar-refractivity contribution in [3.8, 4) is 0 Å². The lowest BCUT2D eigenvalue weighted by Crippen LogP contribution is -2.49. The fourth-order valence-corrected chi connectivity index (χ4v) is 2.80. The lowest BCUT2D eigenvalue weighted by molar-refractivity contribution is -0.127. The average molecular weight is 321 g/mol. The Morgan fingerprint density at radius 2 is 1.92 bits per heavy atom. The number of nitrogens with zero attached hydrogens (tertiary/aromatic N) is 1. The Morgan fingerprint density at radius 3 is 2.71 bits per heavy atom. The van der Waals surface area contributed by atoms with Crippen LogP contribution in [0.25, 0.3) is 5.76 Å². The first kappa shape index (κ1) is 14.4. The molecule has 120 valence electrons. The molecule has 0 radical (unpaired) electrons. The molecule has 0 bridgehead atoms. The molecule has 0 saturated carbocycles. The van der Waals surface area contributed by atoms with Gasteiger partial charge in [0.1, 0.15) is 5.76 Å². The number of nitrogens with one attached hydrogen (secondary N) is 2. The van der Waals surface area contributed by atoms with Gasteiger partial charge in [0.2, 0.25) is 5.78 Å². The molecule has 2 aliphatic rings. The van der Waals surface area contributed by atoms with Crippen molar-refractivity contribution < 1.29 is 14.3 Å². The van der Waals surface area contributed by atoms with E-state index in [1.54, 1.807) is 18.3 Å². The van der Waals surface area contributed by atoms with Crippen LogP contribution in [0.3, 0.4) is 0 Å². The zero-order valence-electron chi connectivity index (χ0n) is 12.9. The molecule has 1 aromatic carbocycles. The first-order valence-corrected chi connectivity index (χ1v) is 7.63. The summed E-state index contributed by atoms with van der Waals surface area (Å²) < 4.78 is 5.78. The Kier molecular flexibility index (Phi) is 3.30. The number of ether oxygens (including phenoxy) is 1. The highest BCUT2D eigenvalue weighted by atomic mass is 16.5. The lowest BCUT2D eigenvalue weighted by Gasteiger charge is -2.28. The molecular weight excluding hydrogens is 306 g/mol. The molecule has 1 aromatic heterocycles. The van der Waals surface area contributed by atoms with Crippen molar-refractivity contribution in [2.45, 2.75) is 19.1 Å². The van der Waals surface area contributed by atoms with E-state index in [2.05, 4.69) is 15.6 Å². The van der Waals surface area contributed by atoms with Gasteiger partial charge in [0, 0.05) is 17.8 Å². The summed E-state index contributed by atoms with van der Waals surface area (Å²) in [5.41, 5.74) is 2.53. The normalized spacial score (nSPS) is 22.1. The zero-order valence-corrected chi connectivity index (χ0v) is 12.9. The minimum atomic E-state index is -0.906. The molecule has 2 aromatic rings. The number of hydrogen-bond donors (Lipinski definition) is 2. The topological polar surface area (TPSA) is 80.3 Å². The van der Waals surface area contributed by atoms with Gasteiger partial charge in [0.05, 0.1) is 5.69 Å². The average Bonchev–Trinajstić information content (AvgIpc) is 2.96. The highest BCUT2D eigenvalue weighted by molar-refractivity contribution is 6.10. The van der Waals surface area contributed by atoms with Gasteiger partial charge >= 0.3 is 0 Å². The van der Waals surface area contributed by atoms with Crippen molar-refractivity contribution in [2.75, 3.05) is 10.6 Å². The highest BCUT2D eigenvalue weighted by Crippen LogP contribution is 2.31. The second-order valence-corrected chi connectivity index (χ2v) is 5.83. The Bertz CT molecular complexity index is 858. The number of aryl methyl sites for hydroxylation is 1. The fourth-order valence-electron chi connectivity index (χ4n) is 2.80. The van der Waals surface area contributed by atoms with Gasteiger partial charge in [0.15, 0.2) is 18.0 Å². The summed E-state index contributed by atoms with van der Waals surface area (Å²) in [4.78, 5) is 28.8. The molecule has 24 heavy (non-hydrogen) atoms. The standard InChI is InChI=1S/C18H15N3O3/c1-10-4-6-11(7-5-10)14-9-13(22)16(24-14)15-18(23)20-12-3-2-8-19-17(12)21-15/h2-9,15-16H,1H3,(H,19,21)(H,20,23). The van der Waals surface area contributed by atoms with Crippen LogP contribution < -0.4 is 10.6 Å². The Hall–Kier alpha value is -3.15. The molecule has 6 heteroatoms. The van der Waals surface area contributed by atoms with Crippen LogP contribution in [-0.4, -0.2) is 28.8 Å². The SMILES string of the molecule is Cc1ccc(C2=CC(=O)C(C3Nc4ncccc4NC3=O)O2)cc1. The number of benzene rings is 1. The van der Waals surface area contributed by atoms with Gasteiger partial charge < -0.3 is 15.4 Å². The molecule has 2 unspecified atom stereocenters. The van der Waals surface area contributed by atoms with Gasteiger partial charge in [-0.05, 0) is 19.1 Å². The van der Waals surface area contributed by atoms with Crippen LogP contribution in [0.5, 0.6) is 0 Å². The number of ketones is 1. The van der Waals surface area contributed by atoms with E-state index >= 15 is 0 Å². The summed E-state index contributed by atoms with van der Waals surface area (Å²) in [5, 5.41) is 5.75. The van der Waals surface area contributed by atoms with Crippen molar-refractivity contribution in [3.05, 3.63) is 59.8 Å². The van der Waals surface area contributed by atoms with Gasteiger partial charge in [-0.2, -0.15) is 0 Å². The summed E-state index contributed by atoms with van der Waals surface area (Å²) in [7, 11) is 0. The smallest absolute Gasteiger partial charge is 0.251 e. The first-order valence-electron chi connectivity index (χ1n) is 7.63. The van der Waals surface area contributed by atoms with E-state index in [1.165, 1.54) is 6.08 Å². The third kappa shape index (κ3) is 2.42. The number of hydrogen-bond acceptors (Lipinski definition) is 5. The number of anilines is 2. The monoisotopic (exact) mass is 321 g/mol. The summed E-state index contributed by atoms with van der Waals surface area (Å²) >= 11 is 0. The summed E-state index contributed by atoms with van der Waals surface area (Å²) in [5.74, 6) is 0.457. The van der Waals surface area contributed by atoms with Gasteiger partial charge in [-0.3, -0.25) is 9.59 Å². The van der Waals surface area contributed by atoms with Crippen LogP contribution in [0.2, 0.25) is 0 Å². The number of aromatic nitrogens is 1. The number of fused-ring (bicyclic) bond motifs is 1. The van der Waals surface area contributed by atoms with E-state index in [-0.39, 0.29) is 11.7 Å². The Balaban J connectivity index is 1.57. The maximum atomic E-state index is 12.3. The number of amides is 1. The number of pyridine rings is 1. The quantitative estimate of drug-likeness (QED) is 0.886. The van der Waals surface area contributed by atoms with Crippen LogP contribution >= 0.6 is 0 Å². The van der Waals surface area contributed by atoms with Gasteiger partial charge in [0.25, 0.3) is 5.91 Å². The van der Waals surface area contributed by atoms with E-state index in [9.17, 15) is 9.59 Å². The van der Waals surface area contributed by atoms with E-state index in [4.69, 9.17) is 4.74 Å². The van der Waals surface area contributed by atoms with E-state index < -0.39 is 12.1 Å². The van der Waals surface area contributed by atoms with Crippen molar-refractivity contribution >= 4 is 29.0 Å². The predicted molar refractivity (Wildman–Crippen MR) is 89.3 cm³/mol. The largest absolute Gasteiger partial charge is 0.479 e. The van der Waals surface area contributed by atoms with E-state index in [0.29, 0.717) is 17.3 Å². The molecular formula is C18H15N3O3. The number of carbonyl (C=O) groups is 2. The van der Waals surface area contributed by atoms with E-state index in [0.717, 1.165) is 11.1 Å². The lowest BCUT2D eigenvalue weighted by atomic mass is 10.0. The van der Waals surface area contributed by atoms with Crippen LogP contribution in [0.4, 0.5) is 11.5 Å². The van der Waals surface area contributed by atoms with E-state index in [1.807, 2.05) is 31.2 Å². The molecule has 4 rings (SSSR count). The number of rotatable bonds is 2. The molecule has 1 amide bonds. The van der Waals surface area contributed by atoms with Crippen LogP contribution in [-0.2, 0) is 14.3 Å². The first-order chi connectivity index (χ1) is 11.6. The van der Waals surface area contributed by atoms with Gasteiger partial charge in [-0.1, -0.05) is 29.8 Å². The third-order valence-corrected chi connectivity index (χ3v) is 4.09. The highest BCUT2D eigenvalue weighted by Gasteiger charge is 2.41. The third-order valence-electron chi connectivity index (χ3n) is 4.09.